The average molecular weight is 401 g/mol. The highest BCUT2D eigenvalue weighted by molar-refractivity contribution is 5.94. The third kappa shape index (κ3) is 4.21. The van der Waals surface area contributed by atoms with Gasteiger partial charge in [0, 0.05) is 24.8 Å². The first kappa shape index (κ1) is 19.9. The van der Waals surface area contributed by atoms with Crippen molar-refractivity contribution >= 4 is 5.91 Å². The van der Waals surface area contributed by atoms with Crippen molar-refractivity contribution < 1.29 is 18.0 Å². The number of alkyl halides is 3. The van der Waals surface area contributed by atoms with Crippen LogP contribution in [0.25, 0.3) is 5.95 Å². The molecule has 11 heteroatoms. The fourth-order valence-corrected chi connectivity index (χ4v) is 2.59. The van der Waals surface area contributed by atoms with Crippen LogP contribution in [-0.4, -0.2) is 47.1 Å². The lowest BCUT2D eigenvalue weighted by Gasteiger charge is -2.27. The fraction of sp³-hybridized carbons (Fsp3) is 0.222. The van der Waals surface area contributed by atoms with Crippen LogP contribution in [0.1, 0.15) is 34.7 Å². The lowest BCUT2D eigenvalue weighted by atomic mass is 10.1. The Kier molecular flexibility index (Phi) is 5.54. The molecule has 0 aromatic carbocycles. The SMILES string of the molecule is C#CCN(C(=O)c1cncc(C(F)(F)F)c1)[C@@H](C)c1ncnn1-c1ncccn1. The van der Waals surface area contributed by atoms with Crippen molar-refractivity contribution in [3.63, 3.8) is 0 Å². The van der Waals surface area contributed by atoms with Gasteiger partial charge < -0.3 is 4.90 Å². The van der Waals surface area contributed by atoms with Gasteiger partial charge in [0.25, 0.3) is 11.9 Å². The van der Waals surface area contributed by atoms with Gasteiger partial charge in [-0.2, -0.15) is 23.0 Å². The van der Waals surface area contributed by atoms with Crippen LogP contribution in [0.4, 0.5) is 13.2 Å². The van der Waals surface area contributed by atoms with Gasteiger partial charge in [0.2, 0.25) is 0 Å². The second-order valence-corrected chi connectivity index (χ2v) is 5.85. The van der Waals surface area contributed by atoms with Crippen LogP contribution in [0.2, 0.25) is 0 Å². The van der Waals surface area contributed by atoms with E-state index in [1.54, 1.807) is 13.0 Å². The number of amides is 1. The first-order valence-electron chi connectivity index (χ1n) is 8.27. The van der Waals surface area contributed by atoms with Gasteiger partial charge in [-0.05, 0) is 19.1 Å². The smallest absolute Gasteiger partial charge is 0.317 e. The van der Waals surface area contributed by atoms with Gasteiger partial charge in [0.1, 0.15) is 6.33 Å². The number of nitrogens with zero attached hydrogens (tertiary/aromatic N) is 7. The molecule has 0 aliphatic carbocycles. The van der Waals surface area contributed by atoms with Gasteiger partial charge in [-0.25, -0.2) is 15.0 Å². The number of pyridine rings is 1. The molecule has 3 aromatic heterocycles. The second kappa shape index (κ2) is 8.05. The zero-order valence-corrected chi connectivity index (χ0v) is 15.1. The monoisotopic (exact) mass is 401 g/mol. The van der Waals surface area contributed by atoms with Crippen molar-refractivity contribution in [3.8, 4) is 18.3 Å². The van der Waals surface area contributed by atoms with Gasteiger partial charge in [-0.3, -0.25) is 9.78 Å². The van der Waals surface area contributed by atoms with E-state index in [1.807, 2.05) is 0 Å². The predicted octanol–water partition coefficient (Wildman–Crippen LogP) is 2.31. The number of aromatic nitrogens is 6. The zero-order chi connectivity index (χ0) is 21.0. The number of carbonyl (C=O) groups is 1. The van der Waals surface area contributed by atoms with Gasteiger partial charge in [-0.15, -0.1) is 6.42 Å². The minimum atomic E-state index is -4.63. The van der Waals surface area contributed by atoms with Crippen LogP contribution in [0, 0.1) is 12.3 Å². The molecule has 0 N–H and O–H groups in total. The summed E-state index contributed by atoms with van der Waals surface area (Å²) in [6.07, 6.45) is 6.73. The highest BCUT2D eigenvalue weighted by Gasteiger charge is 2.33. The maximum atomic E-state index is 13.0. The van der Waals surface area contributed by atoms with Crippen molar-refractivity contribution in [2.45, 2.75) is 19.1 Å². The van der Waals surface area contributed by atoms with E-state index in [9.17, 15) is 18.0 Å². The van der Waals surface area contributed by atoms with Crippen molar-refractivity contribution in [1.82, 2.24) is 34.6 Å². The summed E-state index contributed by atoms with van der Waals surface area (Å²) in [5.41, 5.74) is -1.28. The molecule has 0 unspecified atom stereocenters. The maximum absolute atomic E-state index is 13.0. The van der Waals surface area contributed by atoms with Crippen LogP contribution < -0.4 is 0 Å². The summed E-state index contributed by atoms with van der Waals surface area (Å²) in [7, 11) is 0. The summed E-state index contributed by atoms with van der Waals surface area (Å²) in [5, 5.41) is 4.06. The summed E-state index contributed by atoms with van der Waals surface area (Å²) in [4.78, 5) is 30.0. The van der Waals surface area contributed by atoms with Crippen molar-refractivity contribution in [2.75, 3.05) is 6.54 Å². The van der Waals surface area contributed by atoms with Crippen molar-refractivity contribution in [1.29, 1.82) is 0 Å². The van der Waals surface area contributed by atoms with E-state index < -0.39 is 23.7 Å². The number of hydrogen-bond donors (Lipinski definition) is 0. The largest absolute Gasteiger partial charge is 0.417 e. The Hall–Kier alpha value is -3.81. The predicted molar refractivity (Wildman–Crippen MR) is 94.5 cm³/mol. The van der Waals surface area contributed by atoms with Crippen LogP contribution in [0.5, 0.6) is 0 Å². The Bertz CT molecular complexity index is 1040. The second-order valence-electron chi connectivity index (χ2n) is 5.85. The quantitative estimate of drug-likeness (QED) is 0.610. The molecule has 0 radical (unpaired) electrons. The first-order chi connectivity index (χ1) is 13.8. The minimum absolute atomic E-state index is 0.168. The topological polar surface area (TPSA) is 89.7 Å². The number of hydrogen-bond acceptors (Lipinski definition) is 6. The molecule has 0 aliphatic rings. The molecule has 0 saturated heterocycles. The first-order valence-corrected chi connectivity index (χ1v) is 8.27. The lowest BCUT2D eigenvalue weighted by Crippen LogP contribution is -2.35. The molecule has 148 valence electrons. The highest BCUT2D eigenvalue weighted by atomic mass is 19.4. The molecule has 1 atom stereocenters. The van der Waals surface area contributed by atoms with Crippen LogP contribution in [-0.2, 0) is 6.18 Å². The molecule has 0 spiro atoms. The molecule has 0 bridgehead atoms. The van der Waals surface area contributed by atoms with Crippen LogP contribution in [0.15, 0.2) is 43.2 Å². The Morgan fingerprint density at radius 1 is 1.28 bits per heavy atom. The maximum Gasteiger partial charge on any atom is 0.417 e. The van der Waals surface area contributed by atoms with Crippen LogP contribution >= 0.6 is 0 Å². The number of carbonyl (C=O) groups excluding carboxylic acids is 1. The van der Waals surface area contributed by atoms with E-state index in [2.05, 4.69) is 31.0 Å². The van der Waals surface area contributed by atoms with E-state index >= 15 is 0 Å². The summed E-state index contributed by atoms with van der Waals surface area (Å²) >= 11 is 0. The molecule has 3 aromatic rings. The Morgan fingerprint density at radius 3 is 2.66 bits per heavy atom. The van der Waals surface area contributed by atoms with E-state index in [0.717, 1.165) is 12.3 Å². The number of terminal acetylenes is 1. The molecule has 1 amide bonds. The molecule has 3 rings (SSSR count). The van der Waals surface area contributed by atoms with Gasteiger partial charge >= 0.3 is 6.18 Å². The molecule has 0 saturated carbocycles. The Balaban J connectivity index is 1.96. The normalized spacial score (nSPS) is 12.2. The molecule has 0 fully saturated rings. The van der Waals surface area contributed by atoms with E-state index in [0.29, 0.717) is 12.0 Å². The Morgan fingerprint density at radius 2 is 2.00 bits per heavy atom. The molecule has 29 heavy (non-hydrogen) atoms. The fourth-order valence-electron chi connectivity index (χ4n) is 2.59. The summed E-state index contributed by atoms with van der Waals surface area (Å²) in [6, 6.07) is 1.62. The number of rotatable bonds is 5. The number of halogens is 3. The molecule has 3 heterocycles. The average Bonchev–Trinajstić information content (AvgIpc) is 3.21. The van der Waals surface area contributed by atoms with Gasteiger partial charge in [0.15, 0.2) is 5.82 Å². The summed E-state index contributed by atoms with van der Waals surface area (Å²) in [6.45, 7) is 1.46. The molecular formula is C18H14F3N7O. The minimum Gasteiger partial charge on any atom is -0.317 e. The molecular weight excluding hydrogens is 387 g/mol. The molecule has 0 aliphatic heterocycles. The van der Waals surface area contributed by atoms with Crippen molar-refractivity contribution in [2.24, 2.45) is 0 Å². The van der Waals surface area contributed by atoms with Gasteiger partial charge in [0.05, 0.1) is 23.7 Å². The van der Waals surface area contributed by atoms with E-state index in [-0.39, 0.29) is 18.1 Å². The zero-order valence-electron chi connectivity index (χ0n) is 15.1. The summed E-state index contributed by atoms with van der Waals surface area (Å²) in [5.74, 6) is 2.13. The van der Waals surface area contributed by atoms with E-state index in [1.165, 1.54) is 28.3 Å². The van der Waals surface area contributed by atoms with Crippen molar-refractivity contribution in [3.05, 3.63) is 60.2 Å². The lowest BCUT2D eigenvalue weighted by molar-refractivity contribution is -0.137. The van der Waals surface area contributed by atoms with Gasteiger partial charge in [-0.1, -0.05) is 5.92 Å². The Labute approximate surface area is 163 Å². The highest BCUT2D eigenvalue weighted by Crippen LogP contribution is 2.30. The third-order valence-corrected chi connectivity index (χ3v) is 3.99. The third-order valence-electron chi connectivity index (χ3n) is 3.99. The standard InChI is InChI=1S/C18H14F3N7O/c1-3-7-27(16(29)13-8-14(10-22-9-13)18(19,20)21)12(2)15-25-11-26-28(15)17-23-5-4-6-24-17/h1,4-6,8-12H,7H2,2H3/t12-/m0/s1. The molecule has 8 nitrogen and oxygen atoms in total. The van der Waals surface area contributed by atoms with E-state index in [4.69, 9.17) is 6.42 Å². The summed E-state index contributed by atoms with van der Waals surface area (Å²) < 4.78 is 40.2. The van der Waals surface area contributed by atoms with Crippen LogP contribution in [0.3, 0.4) is 0 Å².